The monoisotopic (exact) mass is 229 g/mol. The molecule has 0 aliphatic heterocycles. The molecular formula is C13H27NO2. The number of hydrogen-bond acceptors (Lipinski definition) is 3. The Morgan fingerprint density at radius 1 is 1.19 bits per heavy atom. The molecule has 0 heterocycles. The van der Waals surface area contributed by atoms with Gasteiger partial charge in [0.15, 0.2) is 0 Å². The number of hydrogen-bond donors (Lipinski definition) is 1. The van der Waals surface area contributed by atoms with Gasteiger partial charge in [0.25, 0.3) is 0 Å². The molecule has 0 aliphatic carbocycles. The Bertz CT molecular complexity index is 171. The van der Waals surface area contributed by atoms with Crippen molar-refractivity contribution in [3.63, 3.8) is 0 Å². The number of esters is 1. The molecule has 0 rings (SSSR count). The van der Waals surface area contributed by atoms with E-state index in [1.165, 1.54) is 12.8 Å². The Morgan fingerprint density at radius 3 is 2.56 bits per heavy atom. The van der Waals surface area contributed by atoms with Crippen molar-refractivity contribution in [3.8, 4) is 0 Å². The van der Waals surface area contributed by atoms with Crippen LogP contribution in [0.4, 0.5) is 0 Å². The van der Waals surface area contributed by atoms with Crippen LogP contribution < -0.4 is 5.73 Å². The Hall–Kier alpha value is -0.570. The highest BCUT2D eigenvalue weighted by atomic mass is 16.5. The first-order valence-corrected chi connectivity index (χ1v) is 6.60. The maximum absolute atomic E-state index is 11.4. The van der Waals surface area contributed by atoms with E-state index >= 15 is 0 Å². The number of carbonyl (C=O) groups excluding carboxylic acids is 1. The van der Waals surface area contributed by atoms with Crippen molar-refractivity contribution in [2.45, 2.75) is 71.3 Å². The summed E-state index contributed by atoms with van der Waals surface area (Å²) < 4.78 is 5.31. The number of ether oxygens (including phenoxy) is 1. The Morgan fingerprint density at radius 2 is 1.94 bits per heavy atom. The summed E-state index contributed by atoms with van der Waals surface area (Å²) >= 11 is 0. The van der Waals surface area contributed by atoms with Crippen LogP contribution in [0.25, 0.3) is 0 Å². The normalized spacial score (nSPS) is 12.4. The fourth-order valence-corrected chi connectivity index (χ4v) is 1.61. The molecule has 3 heteroatoms. The van der Waals surface area contributed by atoms with Crippen molar-refractivity contribution in [3.05, 3.63) is 0 Å². The number of nitrogens with two attached hydrogens (primary N) is 1. The summed E-state index contributed by atoms with van der Waals surface area (Å²) in [5.41, 5.74) is 5.38. The number of unbranched alkanes of at least 4 members (excludes halogenated alkanes) is 4. The summed E-state index contributed by atoms with van der Waals surface area (Å²) in [4.78, 5) is 11.4. The maximum atomic E-state index is 11.4. The Kier molecular flexibility index (Phi) is 10.5. The second kappa shape index (κ2) is 10.9. The van der Waals surface area contributed by atoms with Crippen molar-refractivity contribution in [1.29, 1.82) is 0 Å². The molecule has 0 aromatic heterocycles. The van der Waals surface area contributed by atoms with Gasteiger partial charge in [-0.25, -0.2) is 0 Å². The van der Waals surface area contributed by atoms with Crippen molar-refractivity contribution in [1.82, 2.24) is 0 Å². The quantitative estimate of drug-likeness (QED) is 0.463. The SMILES string of the molecule is CCCCCC(C)OC(=O)CCCCCN. The largest absolute Gasteiger partial charge is 0.463 e. The van der Waals surface area contributed by atoms with E-state index in [2.05, 4.69) is 6.92 Å². The fraction of sp³-hybridized carbons (Fsp3) is 0.923. The van der Waals surface area contributed by atoms with Gasteiger partial charge in [-0.15, -0.1) is 0 Å². The molecule has 0 spiro atoms. The van der Waals surface area contributed by atoms with Gasteiger partial charge < -0.3 is 10.5 Å². The molecule has 0 radical (unpaired) electrons. The molecule has 16 heavy (non-hydrogen) atoms. The molecule has 0 saturated heterocycles. The highest BCUT2D eigenvalue weighted by molar-refractivity contribution is 5.69. The van der Waals surface area contributed by atoms with Gasteiger partial charge in [-0.05, 0) is 39.2 Å². The zero-order chi connectivity index (χ0) is 12.2. The molecule has 3 nitrogen and oxygen atoms in total. The van der Waals surface area contributed by atoms with Gasteiger partial charge in [-0.3, -0.25) is 4.79 Å². The smallest absolute Gasteiger partial charge is 0.306 e. The van der Waals surface area contributed by atoms with Crippen LogP contribution in [0.2, 0.25) is 0 Å². The minimum Gasteiger partial charge on any atom is -0.463 e. The number of rotatable bonds is 10. The summed E-state index contributed by atoms with van der Waals surface area (Å²) in [6.45, 7) is 4.87. The molecule has 0 aromatic carbocycles. The fourth-order valence-electron chi connectivity index (χ4n) is 1.61. The van der Waals surface area contributed by atoms with Crippen LogP contribution >= 0.6 is 0 Å². The van der Waals surface area contributed by atoms with Gasteiger partial charge in [0, 0.05) is 6.42 Å². The average Bonchev–Trinajstić information content (AvgIpc) is 2.25. The first kappa shape index (κ1) is 15.4. The van der Waals surface area contributed by atoms with Crippen LogP contribution in [0.5, 0.6) is 0 Å². The molecule has 96 valence electrons. The third-order valence-corrected chi connectivity index (χ3v) is 2.63. The van der Waals surface area contributed by atoms with Crippen molar-refractivity contribution >= 4 is 5.97 Å². The van der Waals surface area contributed by atoms with Crippen LogP contribution in [0.15, 0.2) is 0 Å². The highest BCUT2D eigenvalue weighted by Crippen LogP contribution is 2.08. The molecular weight excluding hydrogens is 202 g/mol. The zero-order valence-electron chi connectivity index (χ0n) is 10.8. The highest BCUT2D eigenvalue weighted by Gasteiger charge is 2.08. The summed E-state index contributed by atoms with van der Waals surface area (Å²) in [6.07, 6.45) is 8.11. The predicted octanol–water partition coefficient (Wildman–Crippen LogP) is 3.02. The molecule has 0 bridgehead atoms. The van der Waals surface area contributed by atoms with Gasteiger partial charge in [0.2, 0.25) is 0 Å². The summed E-state index contributed by atoms with van der Waals surface area (Å²) in [6, 6.07) is 0. The average molecular weight is 229 g/mol. The lowest BCUT2D eigenvalue weighted by Crippen LogP contribution is -2.14. The van der Waals surface area contributed by atoms with Crippen molar-refractivity contribution in [2.24, 2.45) is 5.73 Å². The predicted molar refractivity (Wildman–Crippen MR) is 67.2 cm³/mol. The molecule has 1 unspecified atom stereocenters. The standard InChI is InChI=1S/C13H27NO2/c1-3-4-6-9-12(2)16-13(15)10-7-5-8-11-14/h12H,3-11,14H2,1-2H3. The second-order valence-corrected chi connectivity index (χ2v) is 4.40. The van der Waals surface area contributed by atoms with E-state index in [9.17, 15) is 4.79 Å². The Labute approximate surface area is 99.7 Å². The topological polar surface area (TPSA) is 52.3 Å². The molecule has 0 aromatic rings. The van der Waals surface area contributed by atoms with E-state index in [0.717, 1.165) is 32.1 Å². The second-order valence-electron chi connectivity index (χ2n) is 4.40. The van der Waals surface area contributed by atoms with Gasteiger partial charge >= 0.3 is 5.97 Å². The lowest BCUT2D eigenvalue weighted by Gasteiger charge is -2.12. The van der Waals surface area contributed by atoms with Crippen LogP contribution in [-0.2, 0) is 9.53 Å². The Balaban J connectivity index is 3.39. The van der Waals surface area contributed by atoms with E-state index in [-0.39, 0.29) is 12.1 Å². The van der Waals surface area contributed by atoms with Gasteiger partial charge in [-0.2, -0.15) is 0 Å². The van der Waals surface area contributed by atoms with Gasteiger partial charge in [-0.1, -0.05) is 26.2 Å². The van der Waals surface area contributed by atoms with E-state index in [1.54, 1.807) is 0 Å². The first-order valence-electron chi connectivity index (χ1n) is 6.60. The van der Waals surface area contributed by atoms with E-state index < -0.39 is 0 Å². The minimum absolute atomic E-state index is 0.0546. The molecule has 0 amide bonds. The molecule has 0 aliphatic rings. The third-order valence-electron chi connectivity index (χ3n) is 2.63. The molecule has 2 N–H and O–H groups in total. The summed E-state index contributed by atoms with van der Waals surface area (Å²) in [5, 5.41) is 0. The summed E-state index contributed by atoms with van der Waals surface area (Å²) in [7, 11) is 0. The summed E-state index contributed by atoms with van der Waals surface area (Å²) in [5.74, 6) is -0.0546. The molecule has 1 atom stereocenters. The minimum atomic E-state index is -0.0546. The lowest BCUT2D eigenvalue weighted by molar-refractivity contribution is -0.148. The zero-order valence-corrected chi connectivity index (χ0v) is 10.8. The van der Waals surface area contributed by atoms with E-state index in [4.69, 9.17) is 10.5 Å². The molecule has 0 fully saturated rings. The number of carbonyl (C=O) groups is 1. The van der Waals surface area contributed by atoms with Crippen LogP contribution in [0, 0.1) is 0 Å². The van der Waals surface area contributed by atoms with E-state index in [0.29, 0.717) is 13.0 Å². The van der Waals surface area contributed by atoms with Crippen molar-refractivity contribution in [2.75, 3.05) is 6.54 Å². The van der Waals surface area contributed by atoms with Gasteiger partial charge in [0.1, 0.15) is 0 Å². The van der Waals surface area contributed by atoms with Crippen molar-refractivity contribution < 1.29 is 9.53 Å². The van der Waals surface area contributed by atoms with Crippen LogP contribution in [0.3, 0.4) is 0 Å². The maximum Gasteiger partial charge on any atom is 0.306 e. The van der Waals surface area contributed by atoms with Gasteiger partial charge in [0.05, 0.1) is 6.10 Å². The first-order chi connectivity index (χ1) is 7.70. The van der Waals surface area contributed by atoms with E-state index in [1.807, 2.05) is 6.92 Å². The lowest BCUT2D eigenvalue weighted by atomic mass is 10.1. The third kappa shape index (κ3) is 9.97. The van der Waals surface area contributed by atoms with Crippen LogP contribution in [-0.4, -0.2) is 18.6 Å². The van der Waals surface area contributed by atoms with Crippen LogP contribution in [0.1, 0.15) is 65.2 Å². The molecule has 0 saturated carbocycles.